The Bertz CT molecular complexity index is 2310. The first-order chi connectivity index (χ1) is 47.1. The predicted octanol–water partition coefficient (Wildman–Crippen LogP) is 3.66. The highest BCUT2D eigenvalue weighted by Gasteiger charge is 2.27. The molecule has 1 aromatic carbocycles. The topological polar surface area (TPSA) is 636 Å². The molecule has 0 bridgehead atoms. The molecular formula is C72H144N14O15. The Morgan fingerprint density at radius 3 is 0.941 bits per heavy atom. The molecule has 0 heterocycles. The summed E-state index contributed by atoms with van der Waals surface area (Å²) in [5.41, 5.74) is 77.7. The molecule has 0 aliphatic carbocycles. The van der Waals surface area contributed by atoms with Gasteiger partial charge in [-0.15, -0.1) is 0 Å². The van der Waals surface area contributed by atoms with Crippen LogP contribution in [0.3, 0.4) is 0 Å². The normalized spacial score (nSPS) is 15.0. The molecule has 33 N–H and O–H groups in total. The number of rotatable bonds is 49. The Morgan fingerprint density at radius 2 is 0.663 bits per heavy atom. The second kappa shape index (κ2) is 66.3. The molecule has 14 atom stereocenters. The number of Topliss-reactive ketones (excluding diaryl/α,β-unsaturated/α-hetero) is 5. The number of ketones is 5. The fourth-order valence-corrected chi connectivity index (χ4v) is 9.30. The minimum Gasteiger partial charge on any atom is -0.481 e. The average Bonchev–Trinajstić information content (AvgIpc) is 0.903. The average molecular weight is 1450 g/mol. The fraction of sp³-hybridized carbons (Fsp3) is 0.778. The zero-order valence-electron chi connectivity index (χ0n) is 63.5. The molecule has 0 amide bonds. The zero-order chi connectivity index (χ0) is 79.5. The second-order valence-electron chi connectivity index (χ2n) is 27.5. The second-order valence-corrected chi connectivity index (χ2v) is 27.5. The molecule has 101 heavy (non-hydrogen) atoms. The minimum atomic E-state index is -0.988. The fourth-order valence-electron chi connectivity index (χ4n) is 9.30. The largest absolute Gasteiger partial charge is 0.481 e. The van der Waals surface area contributed by atoms with Crippen LogP contribution in [0.25, 0.3) is 0 Å². The molecule has 0 spiro atoms. The standard InChI is InChI=1S/C14H20N2O3.C11H22N2O3.2C10H20N2O3.C10H22N2O.C9H22N2.C8H18N2O2/c1-9-2-4-10(5-3-9)6-11(14(18)19)7-13(17)12(16)8-15;1-2-3-4-5-8(11(15)16)6-10(14)9(13)7-12;2*1-2-3-4-7(10(14)15)5-9(13)8(12)6-11;1-7(2)4-8(3)5-10(13)9(12)6-11;1-7(2)8(3)4-5-9(11)6-10;1-6(4-8(11)12)2-3-7(10)5-9/h2-5,11-12H,6-8,15-16H2,1H3,(H,18,19);8-9H,2-7,12-13H2,1H3,(H,15,16);2*7-8H,2-6,11-12H2,1H3,(H,14,15);7-9H,4-6,11-12H2,1-3H3;7-9H,4-6,10-11H2,1-3H3;6-7H,2-5,9-10H2,1H3,(H,11,12)/t11-,12-;8-,9-;7-,8+;7-,8-;8-,9-;8-,9+;6-,7+/m1101100/s1. The first-order valence-corrected chi connectivity index (χ1v) is 36.1. The summed E-state index contributed by atoms with van der Waals surface area (Å²) < 4.78 is 0. The number of carbonyl (C=O) groups excluding carboxylic acids is 5. The molecule has 0 saturated heterocycles. The van der Waals surface area contributed by atoms with Crippen molar-refractivity contribution in [1.82, 2.24) is 0 Å². The zero-order valence-corrected chi connectivity index (χ0v) is 63.5. The van der Waals surface area contributed by atoms with E-state index in [0.29, 0.717) is 57.0 Å². The summed E-state index contributed by atoms with van der Waals surface area (Å²) in [4.78, 5) is 111. The number of aliphatic carboxylic acids is 5. The first kappa shape index (κ1) is 106. The predicted molar refractivity (Wildman–Crippen MR) is 402 cm³/mol. The molecule has 1 rings (SSSR count). The first-order valence-electron chi connectivity index (χ1n) is 36.1. The molecule has 0 fully saturated rings. The van der Waals surface area contributed by atoms with Crippen LogP contribution in [-0.2, 0) is 54.4 Å². The summed E-state index contributed by atoms with van der Waals surface area (Å²) in [6, 6.07) is 4.38. The van der Waals surface area contributed by atoms with Crippen LogP contribution in [0, 0.1) is 60.2 Å². The summed E-state index contributed by atoms with van der Waals surface area (Å²) in [6.45, 7) is 24.6. The highest BCUT2D eigenvalue weighted by Crippen LogP contribution is 2.20. The van der Waals surface area contributed by atoms with Crippen molar-refractivity contribution in [1.29, 1.82) is 0 Å². The van der Waals surface area contributed by atoms with Crippen LogP contribution in [0.15, 0.2) is 24.3 Å². The van der Waals surface area contributed by atoms with E-state index in [9.17, 15) is 47.9 Å². The molecule has 1 aromatic rings. The van der Waals surface area contributed by atoms with E-state index in [0.717, 1.165) is 93.6 Å². The molecule has 29 nitrogen and oxygen atoms in total. The number of carbonyl (C=O) groups is 10. The molecule has 592 valence electrons. The van der Waals surface area contributed by atoms with Crippen LogP contribution in [-0.4, -0.2) is 172 Å². The molecule has 0 saturated carbocycles. The Morgan fingerprint density at radius 1 is 0.356 bits per heavy atom. The van der Waals surface area contributed by atoms with E-state index >= 15 is 0 Å². The third kappa shape index (κ3) is 62.6. The van der Waals surface area contributed by atoms with Gasteiger partial charge in [-0.1, -0.05) is 144 Å². The molecule has 29 heteroatoms. The molecule has 0 radical (unpaired) electrons. The van der Waals surface area contributed by atoms with Gasteiger partial charge in [-0.25, -0.2) is 0 Å². The molecule has 0 aliphatic rings. The van der Waals surface area contributed by atoms with E-state index in [2.05, 4.69) is 41.5 Å². The van der Waals surface area contributed by atoms with Crippen LogP contribution < -0.4 is 80.3 Å². The Kier molecular flexibility index (Phi) is 69.8. The molecule has 0 aromatic heterocycles. The minimum absolute atomic E-state index is 0.00257. The summed E-state index contributed by atoms with van der Waals surface area (Å²) in [7, 11) is 0. The van der Waals surface area contributed by atoms with E-state index in [4.69, 9.17) is 106 Å². The highest BCUT2D eigenvalue weighted by atomic mass is 16.4. The number of benzene rings is 1. The Balaban J connectivity index is -0.000000262. The third-order valence-corrected chi connectivity index (χ3v) is 16.8. The van der Waals surface area contributed by atoms with Crippen molar-refractivity contribution in [3.63, 3.8) is 0 Å². The number of nitrogens with two attached hydrogens (primary N) is 14. The quantitative estimate of drug-likeness (QED) is 0.0414. The van der Waals surface area contributed by atoms with Crippen molar-refractivity contribution in [2.24, 2.45) is 134 Å². The number of hydrogen-bond donors (Lipinski definition) is 19. The van der Waals surface area contributed by atoms with Crippen molar-refractivity contribution in [2.75, 3.05) is 45.8 Å². The van der Waals surface area contributed by atoms with Crippen molar-refractivity contribution in [3.8, 4) is 0 Å². The summed E-state index contributed by atoms with van der Waals surface area (Å²) in [5.74, 6) is -5.33. The number of carboxylic acids is 5. The Labute approximate surface area is 604 Å². The lowest BCUT2D eigenvalue weighted by Crippen LogP contribution is -2.39. The number of unbranched alkanes of at least 4 members (excludes halogenated alkanes) is 4. The molecule has 0 unspecified atom stereocenters. The van der Waals surface area contributed by atoms with Gasteiger partial charge in [0.1, 0.15) is 0 Å². The lowest BCUT2D eigenvalue weighted by atomic mass is 9.92. The van der Waals surface area contributed by atoms with Gasteiger partial charge in [0.05, 0.1) is 53.9 Å². The molecule has 0 aliphatic heterocycles. The van der Waals surface area contributed by atoms with E-state index in [1.54, 1.807) is 0 Å². The number of carboxylic acid groups (broad SMARTS) is 5. The van der Waals surface area contributed by atoms with Crippen molar-refractivity contribution < 1.29 is 73.5 Å². The SMILES string of the molecule is CC(C)C[C@@H](C)CC(=O)[C@H](N)CN.CC(C)[C@@H](C)CC[C@@H](N)CN.CCCCC[C@H](CC(=O)[C@H](N)CN)C(=O)O.CCCC[C@@H](CC(=O)[C@H](N)CN)C(=O)O.CCCC[C@H](CC(=O)[C@H](N)CN)C(=O)O.C[C@@H](CC[C@@H](N)CN)CC(=O)O.Cc1ccc(C[C@H](CC(=O)[C@H](N)CN)C(=O)O)cc1. The van der Waals surface area contributed by atoms with Crippen LogP contribution in [0.2, 0.25) is 0 Å². The lowest BCUT2D eigenvalue weighted by molar-refractivity contribution is -0.144. The maximum Gasteiger partial charge on any atom is 0.307 e. The van der Waals surface area contributed by atoms with Gasteiger partial charge in [0.15, 0.2) is 28.9 Å². The van der Waals surface area contributed by atoms with E-state index < -0.39 is 83.7 Å². The van der Waals surface area contributed by atoms with Gasteiger partial charge in [-0.05, 0) is 99.9 Å². The lowest BCUT2D eigenvalue weighted by Gasteiger charge is -2.17. The maximum absolute atomic E-state index is 11.7. The van der Waals surface area contributed by atoms with Gasteiger partial charge in [-0.3, -0.25) is 47.9 Å². The summed E-state index contributed by atoms with van der Waals surface area (Å²) >= 11 is 0. The van der Waals surface area contributed by atoms with Gasteiger partial charge >= 0.3 is 29.8 Å². The third-order valence-electron chi connectivity index (χ3n) is 16.8. The van der Waals surface area contributed by atoms with Crippen LogP contribution in [0.1, 0.15) is 215 Å². The summed E-state index contributed by atoms with van der Waals surface area (Å²) in [6.07, 6.45) is 13.9. The Hall–Kier alpha value is -5.64. The van der Waals surface area contributed by atoms with Gasteiger partial charge in [0.2, 0.25) is 0 Å². The van der Waals surface area contributed by atoms with E-state index in [-0.39, 0.29) is 112 Å². The van der Waals surface area contributed by atoms with Crippen LogP contribution in [0.5, 0.6) is 0 Å². The number of aryl methyl sites for hydroxylation is 1. The maximum atomic E-state index is 11.7. The van der Waals surface area contributed by atoms with Gasteiger partial charge in [-0.2, -0.15) is 0 Å². The summed E-state index contributed by atoms with van der Waals surface area (Å²) in [5, 5.41) is 44.3. The van der Waals surface area contributed by atoms with Gasteiger partial charge in [0.25, 0.3) is 0 Å². The van der Waals surface area contributed by atoms with Crippen LogP contribution >= 0.6 is 0 Å². The highest BCUT2D eigenvalue weighted by molar-refractivity contribution is 5.90. The monoisotopic (exact) mass is 1450 g/mol. The van der Waals surface area contributed by atoms with E-state index in [1.807, 2.05) is 58.9 Å². The number of hydrogen-bond acceptors (Lipinski definition) is 24. The van der Waals surface area contributed by atoms with Crippen molar-refractivity contribution in [2.45, 2.75) is 260 Å². The van der Waals surface area contributed by atoms with Crippen molar-refractivity contribution in [3.05, 3.63) is 35.4 Å². The van der Waals surface area contributed by atoms with Gasteiger partial charge < -0.3 is 106 Å². The smallest absolute Gasteiger partial charge is 0.307 e. The molecular weight excluding hydrogens is 1300 g/mol. The van der Waals surface area contributed by atoms with Crippen LogP contribution in [0.4, 0.5) is 0 Å². The van der Waals surface area contributed by atoms with Crippen molar-refractivity contribution >= 4 is 58.8 Å². The van der Waals surface area contributed by atoms with Gasteiger partial charge in [0, 0.05) is 96.4 Å². The van der Waals surface area contributed by atoms with E-state index in [1.165, 1.54) is 6.42 Å².